The number of aryl methyl sites for hydroxylation is 3. The monoisotopic (exact) mass is 557 g/mol. The number of sulfonamides is 1. The van der Waals surface area contributed by atoms with Gasteiger partial charge >= 0.3 is 5.97 Å². The van der Waals surface area contributed by atoms with Crippen LogP contribution in [-0.4, -0.2) is 36.9 Å². The van der Waals surface area contributed by atoms with E-state index in [0.29, 0.717) is 30.8 Å². The topological polar surface area (TPSA) is 117 Å². The molecule has 0 radical (unpaired) electrons. The maximum atomic E-state index is 14.0. The molecule has 38 heavy (non-hydrogen) atoms. The van der Waals surface area contributed by atoms with Crippen LogP contribution in [0.15, 0.2) is 52.7 Å². The van der Waals surface area contributed by atoms with Crippen LogP contribution in [0.25, 0.3) is 0 Å². The number of nitrogens with one attached hydrogen (secondary N) is 1. The molecule has 0 aliphatic rings. The molecule has 3 rings (SSSR count). The number of rotatable bonds is 14. The lowest BCUT2D eigenvalue weighted by Crippen LogP contribution is -2.33. The molecule has 204 valence electrons. The summed E-state index contributed by atoms with van der Waals surface area (Å²) >= 11 is 0.964. The van der Waals surface area contributed by atoms with E-state index in [-0.39, 0.29) is 20.8 Å². The summed E-state index contributed by atoms with van der Waals surface area (Å²) in [5.41, 5.74) is 3.06. The summed E-state index contributed by atoms with van der Waals surface area (Å²) in [5.74, 6) is -1.28. The number of anilines is 2. The molecule has 0 atom stereocenters. The maximum absolute atomic E-state index is 14.0. The quantitative estimate of drug-likeness (QED) is 0.233. The lowest BCUT2D eigenvalue weighted by atomic mass is 10.0. The van der Waals surface area contributed by atoms with Gasteiger partial charge in [-0.2, -0.15) is 0 Å². The smallest absolute Gasteiger partial charge is 0.335 e. The highest BCUT2D eigenvalue weighted by atomic mass is 32.2. The van der Waals surface area contributed by atoms with Crippen LogP contribution in [0.4, 0.5) is 10.8 Å². The number of carboxylic acid groups (broad SMARTS) is 1. The Hall–Kier alpha value is -3.24. The number of thiazole rings is 1. The van der Waals surface area contributed by atoms with E-state index in [1.54, 1.807) is 31.2 Å². The molecular weight excluding hydrogens is 522 g/mol. The van der Waals surface area contributed by atoms with E-state index in [0.717, 1.165) is 54.6 Å². The number of aromatic nitrogens is 1. The van der Waals surface area contributed by atoms with E-state index in [1.807, 2.05) is 24.3 Å². The summed E-state index contributed by atoms with van der Waals surface area (Å²) in [6, 6.07) is 14.2. The molecule has 1 heterocycles. The molecule has 0 fully saturated rings. The first-order chi connectivity index (χ1) is 18.1. The van der Waals surface area contributed by atoms with Crippen molar-refractivity contribution in [2.45, 2.75) is 69.9 Å². The van der Waals surface area contributed by atoms with E-state index in [9.17, 15) is 18.0 Å². The Morgan fingerprint density at radius 1 is 1.00 bits per heavy atom. The van der Waals surface area contributed by atoms with Crippen LogP contribution in [0.1, 0.15) is 73.1 Å². The molecular formula is C28H35N3O5S2. The third-order valence-electron chi connectivity index (χ3n) is 6.17. The van der Waals surface area contributed by atoms with Crippen molar-refractivity contribution in [3.63, 3.8) is 0 Å². The van der Waals surface area contributed by atoms with Crippen molar-refractivity contribution < 1.29 is 23.1 Å². The number of carboxylic acids is 1. The number of para-hydroxylation sites is 1. The summed E-state index contributed by atoms with van der Waals surface area (Å²) in [4.78, 5) is 26.9. The van der Waals surface area contributed by atoms with Gasteiger partial charge in [0.25, 0.3) is 10.0 Å². The van der Waals surface area contributed by atoms with Gasteiger partial charge in [0.2, 0.25) is 5.91 Å². The third kappa shape index (κ3) is 7.64. The van der Waals surface area contributed by atoms with Crippen molar-refractivity contribution in [1.82, 2.24) is 4.98 Å². The first-order valence-corrected chi connectivity index (χ1v) is 15.1. The van der Waals surface area contributed by atoms with Crippen molar-refractivity contribution in [2.24, 2.45) is 0 Å². The minimum atomic E-state index is -3.94. The average molecular weight is 558 g/mol. The van der Waals surface area contributed by atoms with Gasteiger partial charge in [0.05, 0.1) is 16.9 Å². The van der Waals surface area contributed by atoms with Gasteiger partial charge in [0, 0.05) is 13.5 Å². The van der Waals surface area contributed by atoms with Gasteiger partial charge in [-0.05, 0) is 55.5 Å². The molecule has 0 aliphatic heterocycles. The van der Waals surface area contributed by atoms with Crippen LogP contribution in [-0.2, 0) is 27.7 Å². The van der Waals surface area contributed by atoms with Crippen molar-refractivity contribution >= 4 is 44.1 Å². The number of carbonyl (C=O) groups is 2. The number of carbonyl (C=O) groups excluding carboxylic acids is 1. The Morgan fingerprint density at radius 2 is 1.68 bits per heavy atom. The second kappa shape index (κ2) is 13.5. The fourth-order valence-electron chi connectivity index (χ4n) is 4.21. The number of hydrogen-bond donors (Lipinski definition) is 2. The van der Waals surface area contributed by atoms with Crippen molar-refractivity contribution in [3.8, 4) is 0 Å². The van der Waals surface area contributed by atoms with E-state index in [2.05, 4.69) is 17.2 Å². The summed E-state index contributed by atoms with van der Waals surface area (Å²) in [6.45, 7) is 5.48. The molecule has 10 heteroatoms. The summed E-state index contributed by atoms with van der Waals surface area (Å²) in [7, 11) is -3.94. The van der Waals surface area contributed by atoms with Crippen molar-refractivity contribution in [2.75, 3.05) is 16.2 Å². The van der Waals surface area contributed by atoms with Crippen LogP contribution in [0.3, 0.4) is 0 Å². The Kier molecular flexibility index (Phi) is 10.4. The second-order valence-corrected chi connectivity index (χ2v) is 12.3. The zero-order valence-corrected chi connectivity index (χ0v) is 23.7. The number of amides is 1. The van der Waals surface area contributed by atoms with Gasteiger partial charge in [0.1, 0.15) is 0 Å². The SMILES string of the molecule is CCCCCCCN(c1ccccc1CCc1ccc(C(=O)O)cc1)S(=O)(=O)c1sc(NC(C)=O)nc1C. The zero-order chi connectivity index (χ0) is 27.7. The van der Waals surface area contributed by atoms with Crippen LogP contribution >= 0.6 is 11.3 Å². The second-order valence-electron chi connectivity index (χ2n) is 9.20. The molecule has 0 unspecified atom stereocenters. The normalized spacial score (nSPS) is 11.3. The number of aromatic carboxylic acids is 1. The molecule has 8 nitrogen and oxygen atoms in total. The molecule has 0 saturated carbocycles. The van der Waals surface area contributed by atoms with Crippen molar-refractivity contribution in [1.29, 1.82) is 0 Å². The molecule has 0 saturated heterocycles. The summed E-state index contributed by atoms with van der Waals surface area (Å²) in [5, 5.41) is 12.0. The highest BCUT2D eigenvalue weighted by Gasteiger charge is 2.31. The van der Waals surface area contributed by atoms with E-state index in [4.69, 9.17) is 5.11 Å². The molecule has 2 N–H and O–H groups in total. The summed E-state index contributed by atoms with van der Waals surface area (Å²) < 4.78 is 29.7. The van der Waals surface area contributed by atoms with Crippen LogP contribution in [0, 0.1) is 6.92 Å². The largest absolute Gasteiger partial charge is 0.478 e. The average Bonchev–Trinajstić information content (AvgIpc) is 3.25. The van der Waals surface area contributed by atoms with Gasteiger partial charge in [-0.15, -0.1) is 0 Å². The van der Waals surface area contributed by atoms with Crippen LogP contribution in [0.5, 0.6) is 0 Å². The zero-order valence-electron chi connectivity index (χ0n) is 22.1. The lowest BCUT2D eigenvalue weighted by molar-refractivity contribution is -0.114. The Bertz CT molecular complexity index is 1350. The first-order valence-electron chi connectivity index (χ1n) is 12.8. The van der Waals surface area contributed by atoms with Gasteiger partial charge in [-0.3, -0.25) is 9.10 Å². The predicted molar refractivity (Wildman–Crippen MR) is 152 cm³/mol. The highest BCUT2D eigenvalue weighted by molar-refractivity contribution is 7.94. The van der Waals surface area contributed by atoms with Gasteiger partial charge in [-0.1, -0.05) is 74.3 Å². The predicted octanol–water partition coefficient (Wildman–Crippen LogP) is 6.06. The third-order valence-corrected chi connectivity index (χ3v) is 9.64. The van der Waals surface area contributed by atoms with Crippen LogP contribution < -0.4 is 9.62 Å². The molecule has 0 spiro atoms. The van der Waals surface area contributed by atoms with Gasteiger partial charge in [0.15, 0.2) is 9.34 Å². The van der Waals surface area contributed by atoms with E-state index >= 15 is 0 Å². The van der Waals surface area contributed by atoms with Gasteiger partial charge < -0.3 is 10.4 Å². The summed E-state index contributed by atoms with van der Waals surface area (Å²) in [6.07, 6.45) is 6.13. The highest BCUT2D eigenvalue weighted by Crippen LogP contribution is 2.34. The fraction of sp³-hybridized carbons (Fsp3) is 0.393. The molecule has 0 bridgehead atoms. The van der Waals surface area contributed by atoms with Crippen LogP contribution in [0.2, 0.25) is 0 Å². The molecule has 1 aromatic heterocycles. The van der Waals surface area contributed by atoms with Crippen molar-refractivity contribution in [3.05, 3.63) is 70.9 Å². The lowest BCUT2D eigenvalue weighted by Gasteiger charge is -2.26. The maximum Gasteiger partial charge on any atom is 0.335 e. The number of unbranched alkanes of at least 4 members (excludes halogenated alkanes) is 4. The number of benzene rings is 2. The number of nitrogens with zero attached hydrogens (tertiary/aromatic N) is 2. The minimum Gasteiger partial charge on any atom is -0.478 e. The molecule has 1 amide bonds. The standard InChI is InChI=1S/C28H35N3O5S2/c1-4-5-6-7-10-19-31(38(35,36)27-20(2)29-28(37-27)30-21(3)32)25-12-9-8-11-23(25)16-13-22-14-17-24(18-15-22)26(33)34/h8-9,11-12,14-15,17-18H,4-7,10,13,16,19H2,1-3H3,(H,33,34)(H,29,30,32). The molecule has 3 aromatic rings. The van der Waals surface area contributed by atoms with Gasteiger partial charge in [-0.25, -0.2) is 18.2 Å². The van der Waals surface area contributed by atoms with E-state index in [1.165, 1.54) is 11.2 Å². The van der Waals surface area contributed by atoms with E-state index < -0.39 is 16.0 Å². The Morgan fingerprint density at radius 3 is 2.34 bits per heavy atom. The molecule has 0 aliphatic carbocycles. The first kappa shape index (κ1) is 29.3. The number of hydrogen-bond acceptors (Lipinski definition) is 6. The Balaban J connectivity index is 1.92. The molecule has 2 aromatic carbocycles. The minimum absolute atomic E-state index is 0.119. The Labute approximate surface area is 228 Å². The fourth-order valence-corrected chi connectivity index (χ4v) is 7.31.